The summed E-state index contributed by atoms with van der Waals surface area (Å²) < 4.78 is 5.02. The summed E-state index contributed by atoms with van der Waals surface area (Å²) in [6.07, 6.45) is 1.64. The zero-order valence-electron chi connectivity index (χ0n) is 10.3. The second-order valence-corrected chi connectivity index (χ2v) is 3.63. The van der Waals surface area contributed by atoms with Gasteiger partial charge in [-0.25, -0.2) is 4.98 Å². The number of ether oxygens (including phenoxy) is 1. The van der Waals surface area contributed by atoms with E-state index in [2.05, 4.69) is 9.97 Å². The Morgan fingerprint density at radius 2 is 2.35 bits per heavy atom. The predicted molar refractivity (Wildman–Crippen MR) is 63.3 cm³/mol. The van der Waals surface area contributed by atoms with E-state index in [9.17, 15) is 4.79 Å². The molecule has 6 nitrogen and oxygen atoms in total. The Kier molecular flexibility index (Phi) is 4.68. The van der Waals surface area contributed by atoms with Crippen LogP contribution in [0.3, 0.4) is 0 Å². The highest BCUT2D eigenvalue weighted by Gasteiger charge is 2.18. The minimum Gasteiger partial charge on any atom is -0.481 e. The Morgan fingerprint density at radius 3 is 2.88 bits per heavy atom. The Morgan fingerprint density at radius 1 is 1.65 bits per heavy atom. The average molecular weight is 239 g/mol. The quantitative estimate of drug-likeness (QED) is 0.803. The second-order valence-electron chi connectivity index (χ2n) is 3.63. The van der Waals surface area contributed by atoms with Gasteiger partial charge < -0.3 is 14.7 Å². The van der Waals surface area contributed by atoms with Gasteiger partial charge in [-0.2, -0.15) is 4.98 Å². The Balaban J connectivity index is 2.88. The molecule has 0 aliphatic heterocycles. The molecule has 0 saturated carbocycles. The Labute approximate surface area is 100 Å². The molecule has 0 fully saturated rings. The average Bonchev–Trinajstić information content (AvgIpc) is 2.29. The molecule has 0 aliphatic carbocycles. The molecule has 1 unspecified atom stereocenters. The summed E-state index contributed by atoms with van der Waals surface area (Å²) in [5.41, 5.74) is 0. The maximum atomic E-state index is 10.7. The fourth-order valence-corrected chi connectivity index (χ4v) is 1.60. The van der Waals surface area contributed by atoms with E-state index in [0.29, 0.717) is 18.4 Å². The van der Waals surface area contributed by atoms with Crippen molar-refractivity contribution < 1.29 is 14.6 Å². The highest BCUT2D eigenvalue weighted by molar-refractivity contribution is 5.68. The summed E-state index contributed by atoms with van der Waals surface area (Å²) in [7, 11) is 1.53. The van der Waals surface area contributed by atoms with Crippen LogP contribution in [0, 0.1) is 0 Å². The molecular weight excluding hydrogens is 222 g/mol. The van der Waals surface area contributed by atoms with Gasteiger partial charge in [0.25, 0.3) is 0 Å². The van der Waals surface area contributed by atoms with Crippen LogP contribution < -0.4 is 9.64 Å². The van der Waals surface area contributed by atoms with Crippen molar-refractivity contribution in [2.24, 2.45) is 0 Å². The second kappa shape index (κ2) is 6.03. The third kappa shape index (κ3) is 3.58. The lowest BCUT2D eigenvalue weighted by molar-refractivity contribution is -0.137. The van der Waals surface area contributed by atoms with Crippen molar-refractivity contribution >= 4 is 11.9 Å². The van der Waals surface area contributed by atoms with Crippen LogP contribution in [0.15, 0.2) is 12.3 Å². The third-order valence-electron chi connectivity index (χ3n) is 2.43. The molecule has 94 valence electrons. The number of aromatic nitrogens is 2. The van der Waals surface area contributed by atoms with Crippen molar-refractivity contribution in [1.82, 2.24) is 9.97 Å². The molecule has 1 atom stereocenters. The van der Waals surface area contributed by atoms with Crippen LogP contribution in [0.1, 0.15) is 20.3 Å². The highest BCUT2D eigenvalue weighted by Crippen LogP contribution is 2.16. The summed E-state index contributed by atoms with van der Waals surface area (Å²) in [4.78, 5) is 20.8. The summed E-state index contributed by atoms with van der Waals surface area (Å²) >= 11 is 0. The number of carboxylic acid groups (broad SMARTS) is 1. The lowest BCUT2D eigenvalue weighted by Gasteiger charge is -2.26. The maximum absolute atomic E-state index is 10.7. The monoisotopic (exact) mass is 239 g/mol. The molecule has 0 bridgehead atoms. The minimum atomic E-state index is -0.834. The predicted octanol–water partition coefficient (Wildman–Crippen LogP) is 1.17. The molecule has 1 N–H and O–H groups in total. The maximum Gasteiger partial charge on any atom is 0.305 e. The van der Waals surface area contributed by atoms with E-state index in [4.69, 9.17) is 9.84 Å². The van der Waals surface area contributed by atoms with E-state index >= 15 is 0 Å². The van der Waals surface area contributed by atoms with Crippen LogP contribution >= 0.6 is 0 Å². The lowest BCUT2D eigenvalue weighted by Crippen LogP contribution is -2.35. The Hall–Kier alpha value is -1.85. The fourth-order valence-electron chi connectivity index (χ4n) is 1.60. The first kappa shape index (κ1) is 13.2. The number of carbonyl (C=O) groups is 1. The summed E-state index contributed by atoms with van der Waals surface area (Å²) in [5, 5.41) is 8.78. The van der Waals surface area contributed by atoms with Gasteiger partial charge in [-0.05, 0) is 13.8 Å². The van der Waals surface area contributed by atoms with Gasteiger partial charge in [0.2, 0.25) is 11.8 Å². The number of methoxy groups -OCH3 is 1. The first-order chi connectivity index (χ1) is 8.08. The van der Waals surface area contributed by atoms with E-state index in [1.165, 1.54) is 7.11 Å². The van der Waals surface area contributed by atoms with Crippen molar-refractivity contribution in [3.05, 3.63) is 12.3 Å². The van der Waals surface area contributed by atoms with E-state index in [1.807, 2.05) is 18.7 Å². The fraction of sp³-hybridized carbons (Fsp3) is 0.545. The molecular formula is C11H17N3O3. The van der Waals surface area contributed by atoms with E-state index in [-0.39, 0.29) is 12.5 Å². The van der Waals surface area contributed by atoms with Crippen LogP contribution in [0.25, 0.3) is 0 Å². The van der Waals surface area contributed by atoms with Gasteiger partial charge in [0.05, 0.1) is 13.5 Å². The third-order valence-corrected chi connectivity index (χ3v) is 2.43. The van der Waals surface area contributed by atoms with Crippen molar-refractivity contribution in [2.45, 2.75) is 26.3 Å². The molecule has 1 heterocycles. The van der Waals surface area contributed by atoms with Gasteiger partial charge in [0.15, 0.2) is 0 Å². The van der Waals surface area contributed by atoms with Crippen molar-refractivity contribution in [1.29, 1.82) is 0 Å². The van der Waals surface area contributed by atoms with Gasteiger partial charge in [0.1, 0.15) is 0 Å². The standard InChI is InChI=1S/C11H17N3O3/c1-4-14(8(2)7-10(15)16)11-12-6-5-9(13-11)17-3/h5-6,8H,4,7H2,1-3H3,(H,15,16). The first-order valence-corrected chi connectivity index (χ1v) is 5.44. The summed E-state index contributed by atoms with van der Waals surface area (Å²) in [6.45, 7) is 4.41. The van der Waals surface area contributed by atoms with E-state index in [1.54, 1.807) is 12.3 Å². The Bertz CT molecular complexity index is 384. The number of rotatable bonds is 6. The van der Waals surface area contributed by atoms with Crippen molar-refractivity contribution in [3.63, 3.8) is 0 Å². The number of carboxylic acids is 1. The van der Waals surface area contributed by atoms with E-state index < -0.39 is 5.97 Å². The molecule has 1 aromatic rings. The number of anilines is 1. The van der Waals surface area contributed by atoms with E-state index in [0.717, 1.165) is 0 Å². The van der Waals surface area contributed by atoms with Gasteiger partial charge in [0, 0.05) is 24.8 Å². The van der Waals surface area contributed by atoms with Crippen LogP contribution in [0.5, 0.6) is 5.88 Å². The minimum absolute atomic E-state index is 0.0500. The molecule has 0 amide bonds. The largest absolute Gasteiger partial charge is 0.481 e. The van der Waals surface area contributed by atoms with Crippen molar-refractivity contribution in [2.75, 3.05) is 18.6 Å². The molecule has 0 spiro atoms. The summed E-state index contributed by atoms with van der Waals surface area (Å²) in [5.74, 6) is 0.121. The molecule has 1 aromatic heterocycles. The van der Waals surface area contributed by atoms with Crippen LogP contribution in [-0.4, -0.2) is 40.7 Å². The molecule has 0 saturated heterocycles. The van der Waals surface area contributed by atoms with Crippen LogP contribution in [0.2, 0.25) is 0 Å². The zero-order valence-corrected chi connectivity index (χ0v) is 10.3. The number of aliphatic carboxylic acids is 1. The topological polar surface area (TPSA) is 75.5 Å². The van der Waals surface area contributed by atoms with Gasteiger partial charge in [-0.15, -0.1) is 0 Å². The molecule has 0 radical (unpaired) electrons. The van der Waals surface area contributed by atoms with Gasteiger partial charge in [-0.3, -0.25) is 4.79 Å². The van der Waals surface area contributed by atoms with Crippen LogP contribution in [-0.2, 0) is 4.79 Å². The van der Waals surface area contributed by atoms with Gasteiger partial charge >= 0.3 is 5.97 Å². The van der Waals surface area contributed by atoms with Gasteiger partial charge in [-0.1, -0.05) is 0 Å². The van der Waals surface area contributed by atoms with Crippen molar-refractivity contribution in [3.8, 4) is 5.88 Å². The summed E-state index contributed by atoms with van der Waals surface area (Å²) in [6, 6.07) is 1.49. The lowest BCUT2D eigenvalue weighted by atomic mass is 10.2. The number of nitrogens with zero attached hydrogens (tertiary/aromatic N) is 3. The SMILES string of the molecule is CCN(c1nccc(OC)n1)C(C)CC(=O)O. The normalized spacial score (nSPS) is 11.9. The van der Waals surface area contributed by atoms with Crippen LogP contribution in [0.4, 0.5) is 5.95 Å². The molecule has 0 aromatic carbocycles. The highest BCUT2D eigenvalue weighted by atomic mass is 16.5. The zero-order chi connectivity index (χ0) is 12.8. The number of hydrogen-bond donors (Lipinski definition) is 1. The molecule has 1 rings (SSSR count). The smallest absolute Gasteiger partial charge is 0.305 e. The molecule has 6 heteroatoms. The molecule has 17 heavy (non-hydrogen) atoms. The number of hydrogen-bond acceptors (Lipinski definition) is 5. The first-order valence-electron chi connectivity index (χ1n) is 5.44. The molecule has 0 aliphatic rings.